The Morgan fingerprint density at radius 1 is 0.952 bits per heavy atom. The fourth-order valence-corrected chi connectivity index (χ4v) is 2.08. The summed E-state index contributed by atoms with van der Waals surface area (Å²) in [5, 5.41) is 0. The van der Waals surface area contributed by atoms with E-state index in [1.54, 1.807) is 0 Å². The van der Waals surface area contributed by atoms with E-state index in [-0.39, 0.29) is 12.5 Å². The van der Waals surface area contributed by atoms with Gasteiger partial charge in [0.25, 0.3) is 0 Å². The molecule has 0 aliphatic rings. The molecule has 0 radical (unpaired) electrons. The molecule has 0 aromatic carbocycles. The van der Waals surface area contributed by atoms with Crippen LogP contribution in [0, 0.1) is 0 Å². The predicted molar refractivity (Wildman–Crippen MR) is 84.2 cm³/mol. The van der Waals surface area contributed by atoms with Crippen molar-refractivity contribution in [3.05, 3.63) is 0 Å². The van der Waals surface area contributed by atoms with Gasteiger partial charge in [0.15, 0.2) is 0 Å². The summed E-state index contributed by atoms with van der Waals surface area (Å²) in [5.74, 6) is -0.333. The highest BCUT2D eigenvalue weighted by atomic mass is 32.3. The lowest BCUT2D eigenvalue weighted by Gasteiger charge is -2.02. The quantitative estimate of drug-likeness (QED) is 0.423. The molecule has 0 unspecified atom stereocenters. The van der Waals surface area contributed by atoms with Crippen LogP contribution in [0.15, 0.2) is 0 Å². The lowest BCUT2D eigenvalue weighted by Crippen LogP contribution is -2.04. The Labute approximate surface area is 129 Å². The molecule has 21 heavy (non-hydrogen) atoms. The maximum atomic E-state index is 10.2. The number of rotatable bonds is 12. The molecule has 6 nitrogen and oxygen atoms in total. The second kappa shape index (κ2) is 15.7. The van der Waals surface area contributed by atoms with E-state index < -0.39 is 10.4 Å². The summed E-state index contributed by atoms with van der Waals surface area (Å²) in [6.07, 6.45) is 11.9. The minimum Gasteiger partial charge on any atom is -0.370 e. The zero-order chi connectivity index (χ0) is 16.6. The van der Waals surface area contributed by atoms with E-state index in [4.69, 9.17) is 4.55 Å². The van der Waals surface area contributed by atoms with Crippen molar-refractivity contribution in [1.82, 2.24) is 0 Å². The van der Waals surface area contributed by atoms with Gasteiger partial charge in [-0.3, -0.25) is 9.35 Å². The number of hydrogen-bond acceptors (Lipinski definition) is 4. The Morgan fingerprint density at radius 2 is 1.29 bits per heavy atom. The molecule has 128 valence electrons. The second-order valence-corrected chi connectivity index (χ2v) is 6.13. The second-order valence-electron chi connectivity index (χ2n) is 5.04. The van der Waals surface area contributed by atoms with Crippen molar-refractivity contribution in [3.63, 3.8) is 0 Å². The van der Waals surface area contributed by atoms with Crippen LogP contribution in [-0.4, -0.2) is 25.5 Å². The van der Waals surface area contributed by atoms with Crippen molar-refractivity contribution in [2.24, 2.45) is 5.73 Å². The minimum absolute atomic E-state index is 0.0926. The van der Waals surface area contributed by atoms with Gasteiger partial charge in [0.2, 0.25) is 5.91 Å². The number of primary amides is 1. The van der Waals surface area contributed by atoms with Crippen molar-refractivity contribution in [2.75, 3.05) is 6.61 Å². The summed E-state index contributed by atoms with van der Waals surface area (Å²) >= 11 is 0. The first kappa shape index (κ1) is 22.6. The van der Waals surface area contributed by atoms with Crippen LogP contribution >= 0.6 is 0 Å². The first-order valence-corrected chi connectivity index (χ1v) is 9.04. The minimum atomic E-state index is -4.23. The van der Waals surface area contributed by atoms with Gasteiger partial charge in [-0.2, -0.15) is 8.42 Å². The fourth-order valence-electron chi connectivity index (χ4n) is 1.75. The van der Waals surface area contributed by atoms with Gasteiger partial charge >= 0.3 is 10.4 Å². The Balaban J connectivity index is 0. The van der Waals surface area contributed by atoms with Crippen molar-refractivity contribution >= 4 is 16.3 Å². The molecule has 0 atom stereocenters. The predicted octanol–water partition coefficient (Wildman–Crippen LogP) is 3.22. The molecule has 0 aromatic rings. The molecule has 0 aliphatic heterocycles. The zero-order valence-electron chi connectivity index (χ0n) is 13.3. The van der Waals surface area contributed by atoms with E-state index in [9.17, 15) is 13.2 Å². The molecule has 0 saturated heterocycles. The molecule has 0 aliphatic carbocycles. The van der Waals surface area contributed by atoms with Crippen LogP contribution in [0.4, 0.5) is 0 Å². The Hall–Kier alpha value is -0.660. The van der Waals surface area contributed by atoms with E-state index in [1.165, 1.54) is 51.9 Å². The summed E-state index contributed by atoms with van der Waals surface area (Å²) in [5.41, 5.74) is 4.47. The molecule has 0 bridgehead atoms. The normalized spacial score (nSPS) is 10.8. The number of hydrogen-bond donors (Lipinski definition) is 2. The molecule has 1 amide bonds. The first-order valence-electron chi connectivity index (χ1n) is 7.67. The standard InChI is InChI=1S/C12H26O4S.C2H5NO/c1-2-3-4-5-6-7-8-9-10-11-12-16-17(13,14)15;1-2(3)4/h2-12H2,1H3,(H,13,14,15);1H3,(H2,3,4). The lowest BCUT2D eigenvalue weighted by atomic mass is 10.1. The number of nitrogens with two attached hydrogens (primary N) is 1. The van der Waals surface area contributed by atoms with Gasteiger partial charge in [0.05, 0.1) is 6.61 Å². The highest BCUT2D eigenvalue weighted by Crippen LogP contribution is 2.10. The average molecular weight is 325 g/mol. The van der Waals surface area contributed by atoms with Gasteiger partial charge in [-0.1, -0.05) is 64.7 Å². The van der Waals surface area contributed by atoms with Crippen molar-refractivity contribution in [3.8, 4) is 0 Å². The molecule has 0 spiro atoms. The molecule has 7 heteroatoms. The maximum Gasteiger partial charge on any atom is 0.397 e. The number of unbranched alkanes of at least 4 members (excludes halogenated alkanes) is 9. The van der Waals surface area contributed by atoms with Crippen LogP contribution in [0.2, 0.25) is 0 Å². The molecular weight excluding hydrogens is 294 g/mol. The Kier molecular flexibility index (Phi) is 16.9. The van der Waals surface area contributed by atoms with Crippen molar-refractivity contribution in [2.45, 2.75) is 78.1 Å². The molecule has 0 saturated carbocycles. The smallest absolute Gasteiger partial charge is 0.370 e. The van der Waals surface area contributed by atoms with Crippen LogP contribution in [0.25, 0.3) is 0 Å². The summed E-state index contributed by atoms with van der Waals surface area (Å²) < 4.78 is 33.0. The SMILES string of the molecule is CC(N)=O.CCCCCCCCCCCCOS(=O)(=O)O. The van der Waals surface area contributed by atoms with Crippen LogP contribution < -0.4 is 5.73 Å². The number of amides is 1. The third-order valence-electron chi connectivity index (χ3n) is 2.73. The van der Waals surface area contributed by atoms with Crippen molar-refractivity contribution < 1.29 is 21.9 Å². The largest absolute Gasteiger partial charge is 0.397 e. The van der Waals surface area contributed by atoms with Crippen LogP contribution in [0.3, 0.4) is 0 Å². The van der Waals surface area contributed by atoms with Gasteiger partial charge in [0, 0.05) is 6.92 Å². The highest BCUT2D eigenvalue weighted by molar-refractivity contribution is 7.80. The Bertz CT molecular complexity index is 326. The highest BCUT2D eigenvalue weighted by Gasteiger charge is 2.02. The van der Waals surface area contributed by atoms with E-state index in [0.717, 1.165) is 12.8 Å². The molecule has 0 fully saturated rings. The lowest BCUT2D eigenvalue weighted by molar-refractivity contribution is -0.115. The topological polar surface area (TPSA) is 107 Å². The summed E-state index contributed by atoms with van der Waals surface area (Å²) in [4.78, 5) is 9.22. The van der Waals surface area contributed by atoms with Gasteiger partial charge in [-0.15, -0.1) is 0 Å². The van der Waals surface area contributed by atoms with Gasteiger partial charge in [0.1, 0.15) is 0 Å². The van der Waals surface area contributed by atoms with E-state index >= 15 is 0 Å². The first-order chi connectivity index (χ1) is 9.79. The summed E-state index contributed by atoms with van der Waals surface area (Å²) in [7, 11) is -4.23. The van der Waals surface area contributed by atoms with Crippen LogP contribution in [0.1, 0.15) is 78.1 Å². The van der Waals surface area contributed by atoms with E-state index in [0.29, 0.717) is 6.42 Å². The summed E-state index contributed by atoms with van der Waals surface area (Å²) in [6.45, 7) is 3.62. The third kappa shape index (κ3) is 32.7. The monoisotopic (exact) mass is 325 g/mol. The fraction of sp³-hybridized carbons (Fsp3) is 0.929. The van der Waals surface area contributed by atoms with E-state index in [2.05, 4.69) is 16.8 Å². The van der Waals surface area contributed by atoms with Gasteiger partial charge in [-0.05, 0) is 6.42 Å². The Morgan fingerprint density at radius 3 is 1.62 bits per heavy atom. The van der Waals surface area contributed by atoms with Gasteiger partial charge < -0.3 is 5.73 Å². The van der Waals surface area contributed by atoms with Crippen LogP contribution in [0.5, 0.6) is 0 Å². The maximum absolute atomic E-state index is 10.2. The van der Waals surface area contributed by atoms with Gasteiger partial charge in [-0.25, -0.2) is 4.18 Å². The zero-order valence-corrected chi connectivity index (χ0v) is 14.2. The van der Waals surface area contributed by atoms with E-state index in [1.807, 2.05) is 0 Å². The molecule has 0 heterocycles. The molecule has 3 N–H and O–H groups in total. The molecular formula is C14H31NO5S. The number of carbonyl (C=O) groups is 1. The summed E-state index contributed by atoms with van der Waals surface area (Å²) in [6, 6.07) is 0. The average Bonchev–Trinajstić information content (AvgIpc) is 2.34. The molecule has 0 rings (SSSR count). The van der Waals surface area contributed by atoms with Crippen molar-refractivity contribution in [1.29, 1.82) is 0 Å². The third-order valence-corrected chi connectivity index (χ3v) is 3.19. The van der Waals surface area contributed by atoms with Crippen LogP contribution in [-0.2, 0) is 19.4 Å². The molecule has 0 aromatic heterocycles. The number of carbonyl (C=O) groups excluding carboxylic acids is 1.